The van der Waals surface area contributed by atoms with Crippen LogP contribution in [-0.4, -0.2) is 33.8 Å². The van der Waals surface area contributed by atoms with Crippen molar-refractivity contribution in [3.05, 3.63) is 23.5 Å². The summed E-state index contributed by atoms with van der Waals surface area (Å²) in [4.78, 5) is 1.84. The zero-order chi connectivity index (χ0) is 15.7. The van der Waals surface area contributed by atoms with Crippen LogP contribution in [0.15, 0.2) is 12.1 Å². The van der Waals surface area contributed by atoms with Gasteiger partial charge in [0.1, 0.15) is 0 Å². The Labute approximate surface area is 133 Å². The van der Waals surface area contributed by atoms with Crippen molar-refractivity contribution in [1.82, 2.24) is 14.8 Å². The molecule has 0 saturated carbocycles. The minimum Gasteiger partial charge on any atom is -0.355 e. The van der Waals surface area contributed by atoms with Crippen molar-refractivity contribution in [1.29, 1.82) is 0 Å². The Kier molecular flexibility index (Phi) is 5.33. The van der Waals surface area contributed by atoms with Gasteiger partial charge in [0.2, 0.25) is 0 Å². The highest BCUT2D eigenvalue weighted by atomic mass is 32.1. The Morgan fingerprint density at radius 1 is 1.20 bits per heavy atom. The number of hydrogen-bond donors (Lipinski definition) is 1. The molecule has 1 rings (SSSR count). The lowest BCUT2D eigenvalue weighted by atomic mass is 9.92. The maximum absolute atomic E-state index is 5.57. The first-order valence-corrected chi connectivity index (χ1v) is 7.62. The van der Waals surface area contributed by atoms with E-state index in [0.717, 1.165) is 0 Å². The third-order valence-corrected chi connectivity index (χ3v) is 3.85. The quantitative estimate of drug-likeness (QED) is 0.801. The molecule has 1 N–H and O–H groups in total. The van der Waals surface area contributed by atoms with Gasteiger partial charge in [-0.05, 0) is 42.5 Å². The van der Waals surface area contributed by atoms with E-state index in [-0.39, 0.29) is 5.41 Å². The van der Waals surface area contributed by atoms with Crippen LogP contribution in [0.5, 0.6) is 0 Å². The second kappa shape index (κ2) is 6.22. The molecule has 5 heteroatoms. The fraction of sp³-hybridized carbons (Fsp3) is 0.600. The van der Waals surface area contributed by atoms with Gasteiger partial charge in [-0.1, -0.05) is 34.6 Å². The van der Waals surface area contributed by atoms with Gasteiger partial charge in [-0.3, -0.25) is 4.57 Å². The highest BCUT2D eigenvalue weighted by molar-refractivity contribution is 7.81. The van der Waals surface area contributed by atoms with Gasteiger partial charge in [0.05, 0.1) is 0 Å². The number of aromatic nitrogens is 1. The van der Waals surface area contributed by atoms with E-state index < -0.39 is 0 Å². The molecular formula is C15H25N3S2. The third kappa shape index (κ3) is 3.79. The van der Waals surface area contributed by atoms with Crippen molar-refractivity contribution in [3.63, 3.8) is 0 Å². The van der Waals surface area contributed by atoms with Gasteiger partial charge in [-0.15, -0.1) is 0 Å². The van der Waals surface area contributed by atoms with Crippen LogP contribution < -0.4 is 5.32 Å². The molecule has 1 aromatic heterocycles. The smallest absolute Gasteiger partial charge is 0.183 e. The summed E-state index contributed by atoms with van der Waals surface area (Å²) in [5, 5.41) is 4.41. The highest BCUT2D eigenvalue weighted by Gasteiger charge is 2.23. The van der Waals surface area contributed by atoms with Gasteiger partial charge < -0.3 is 10.2 Å². The second-order valence-electron chi connectivity index (χ2n) is 6.51. The van der Waals surface area contributed by atoms with Crippen LogP contribution in [0.1, 0.15) is 51.9 Å². The van der Waals surface area contributed by atoms with Gasteiger partial charge in [0.25, 0.3) is 0 Å². The fourth-order valence-corrected chi connectivity index (χ4v) is 2.44. The summed E-state index contributed by atoms with van der Waals surface area (Å²) in [6.07, 6.45) is 0. The standard InChI is InChI=1S/C15H25N3S2/c1-10(2)11-8-9-12(15(3,4)5)18(11)14(20)16-13(19)17(6)7/h8-10H,1-7H3,(H,16,19,20). The minimum atomic E-state index is 0.0264. The average Bonchev–Trinajstić information content (AvgIpc) is 2.72. The van der Waals surface area contributed by atoms with E-state index in [4.69, 9.17) is 24.4 Å². The van der Waals surface area contributed by atoms with Crippen molar-refractivity contribution in [2.75, 3.05) is 14.1 Å². The molecule has 0 radical (unpaired) electrons. The minimum absolute atomic E-state index is 0.0264. The Bertz CT molecular complexity index is 508. The lowest BCUT2D eigenvalue weighted by molar-refractivity contribution is 0.554. The molecule has 1 heterocycles. The summed E-state index contributed by atoms with van der Waals surface area (Å²) in [6.45, 7) is 10.9. The summed E-state index contributed by atoms with van der Waals surface area (Å²) in [7, 11) is 3.81. The van der Waals surface area contributed by atoms with Crippen LogP contribution in [0, 0.1) is 0 Å². The lowest BCUT2D eigenvalue weighted by Gasteiger charge is -2.26. The summed E-state index contributed by atoms with van der Waals surface area (Å²) >= 11 is 10.9. The van der Waals surface area contributed by atoms with Crippen molar-refractivity contribution in [3.8, 4) is 0 Å². The molecule has 0 fully saturated rings. The van der Waals surface area contributed by atoms with Gasteiger partial charge in [-0.2, -0.15) is 0 Å². The monoisotopic (exact) mass is 311 g/mol. The van der Waals surface area contributed by atoms with Gasteiger partial charge >= 0.3 is 0 Å². The number of nitrogens with one attached hydrogen (secondary N) is 1. The molecular weight excluding hydrogens is 286 g/mol. The maximum Gasteiger partial charge on any atom is 0.183 e. The number of rotatable bonds is 1. The van der Waals surface area contributed by atoms with Crippen molar-refractivity contribution >= 4 is 34.7 Å². The van der Waals surface area contributed by atoms with E-state index >= 15 is 0 Å². The van der Waals surface area contributed by atoms with Crippen LogP contribution in [-0.2, 0) is 5.41 Å². The molecule has 0 unspecified atom stereocenters. The predicted molar refractivity (Wildman–Crippen MR) is 94.6 cm³/mol. The molecule has 0 spiro atoms. The molecule has 0 aliphatic heterocycles. The maximum atomic E-state index is 5.57. The SMILES string of the molecule is CC(C)c1ccc(C(C)(C)C)n1C(=S)NC(=S)N(C)C. The van der Waals surface area contributed by atoms with Gasteiger partial charge in [-0.25, -0.2) is 0 Å². The zero-order valence-electron chi connectivity index (χ0n) is 13.4. The molecule has 0 aliphatic rings. The molecule has 0 amide bonds. The lowest BCUT2D eigenvalue weighted by Crippen LogP contribution is -2.42. The van der Waals surface area contributed by atoms with Crippen LogP contribution in [0.2, 0.25) is 0 Å². The van der Waals surface area contributed by atoms with E-state index in [0.29, 0.717) is 16.1 Å². The third-order valence-electron chi connectivity index (χ3n) is 3.09. The Balaban J connectivity index is 3.23. The van der Waals surface area contributed by atoms with Crippen molar-refractivity contribution < 1.29 is 0 Å². The van der Waals surface area contributed by atoms with E-state index in [1.807, 2.05) is 19.0 Å². The van der Waals surface area contributed by atoms with Crippen molar-refractivity contribution in [2.45, 2.75) is 46.0 Å². The zero-order valence-corrected chi connectivity index (χ0v) is 15.1. The molecule has 20 heavy (non-hydrogen) atoms. The first-order chi connectivity index (χ1) is 9.05. The summed E-state index contributed by atoms with van der Waals surface area (Å²) < 4.78 is 2.12. The Morgan fingerprint density at radius 3 is 2.15 bits per heavy atom. The molecule has 0 atom stereocenters. The van der Waals surface area contributed by atoms with Crippen molar-refractivity contribution in [2.24, 2.45) is 0 Å². The Hall–Kier alpha value is -0.940. The van der Waals surface area contributed by atoms with Gasteiger partial charge in [0.15, 0.2) is 10.2 Å². The molecule has 112 valence electrons. The fourth-order valence-electron chi connectivity index (χ4n) is 1.97. The number of hydrogen-bond acceptors (Lipinski definition) is 2. The molecule has 1 aromatic rings. The molecule has 0 aromatic carbocycles. The number of thiocarbonyl (C=S) groups is 2. The first kappa shape index (κ1) is 17.1. The second-order valence-corrected chi connectivity index (χ2v) is 7.29. The van der Waals surface area contributed by atoms with Crippen LogP contribution >= 0.6 is 24.4 Å². The van der Waals surface area contributed by atoms with E-state index in [1.54, 1.807) is 0 Å². The first-order valence-electron chi connectivity index (χ1n) is 6.80. The molecule has 0 aliphatic carbocycles. The predicted octanol–water partition coefficient (Wildman–Crippen LogP) is 3.48. The normalized spacial score (nSPS) is 11.6. The van der Waals surface area contributed by atoms with Crippen LogP contribution in [0.3, 0.4) is 0 Å². The van der Waals surface area contributed by atoms with Crippen LogP contribution in [0.4, 0.5) is 0 Å². The Morgan fingerprint density at radius 2 is 1.75 bits per heavy atom. The summed E-state index contributed by atoms with van der Waals surface area (Å²) in [5.41, 5.74) is 2.42. The van der Waals surface area contributed by atoms with Crippen LogP contribution in [0.25, 0.3) is 0 Å². The van der Waals surface area contributed by atoms with E-state index in [2.05, 4.69) is 56.6 Å². The molecule has 0 saturated heterocycles. The largest absolute Gasteiger partial charge is 0.355 e. The number of nitrogens with zero attached hydrogens (tertiary/aromatic N) is 2. The highest BCUT2D eigenvalue weighted by Crippen LogP contribution is 2.27. The summed E-state index contributed by atoms with van der Waals surface area (Å²) in [5.74, 6) is 0.402. The molecule has 3 nitrogen and oxygen atoms in total. The van der Waals surface area contributed by atoms with E-state index in [9.17, 15) is 0 Å². The van der Waals surface area contributed by atoms with Gasteiger partial charge in [0, 0.05) is 30.9 Å². The topological polar surface area (TPSA) is 20.2 Å². The summed E-state index contributed by atoms with van der Waals surface area (Å²) in [6, 6.07) is 4.31. The van der Waals surface area contributed by atoms with E-state index in [1.165, 1.54) is 11.4 Å². The average molecular weight is 312 g/mol. The molecule has 0 bridgehead atoms.